The van der Waals surface area contributed by atoms with Crippen molar-refractivity contribution in [3.05, 3.63) is 66.1 Å². The van der Waals surface area contributed by atoms with E-state index in [4.69, 9.17) is 4.42 Å². The lowest BCUT2D eigenvalue weighted by Gasteiger charge is -2.10. The Labute approximate surface area is 122 Å². The van der Waals surface area contributed by atoms with Gasteiger partial charge < -0.3 is 15.1 Å². The lowest BCUT2D eigenvalue weighted by Crippen LogP contribution is -2.25. The van der Waals surface area contributed by atoms with Crippen LogP contribution in [0.2, 0.25) is 0 Å². The van der Waals surface area contributed by atoms with E-state index in [1.165, 1.54) is 6.26 Å². The van der Waals surface area contributed by atoms with E-state index >= 15 is 0 Å². The van der Waals surface area contributed by atoms with Gasteiger partial charge >= 0.3 is 0 Å². The van der Waals surface area contributed by atoms with Gasteiger partial charge in [0.2, 0.25) is 0 Å². The summed E-state index contributed by atoms with van der Waals surface area (Å²) in [4.78, 5) is 24.2. The van der Waals surface area contributed by atoms with Crippen molar-refractivity contribution in [2.75, 3.05) is 11.9 Å². The number of amides is 2. The molecular formula is C16H16N2O3. The zero-order chi connectivity index (χ0) is 15.2. The summed E-state index contributed by atoms with van der Waals surface area (Å²) in [5.74, 6) is -0.0546. The van der Waals surface area contributed by atoms with Crippen molar-refractivity contribution in [2.45, 2.75) is 6.92 Å². The molecule has 5 nitrogen and oxygen atoms in total. The maximum Gasteiger partial charge on any atom is 0.259 e. The summed E-state index contributed by atoms with van der Waals surface area (Å²) in [7, 11) is 0. The van der Waals surface area contributed by atoms with E-state index < -0.39 is 0 Å². The standard InChI is InChI=1S/C16H16N2O3/c1-3-9-17-15(19)13-6-4-5-7-14(13)18-16(20)12-8-10-21-11(12)2/h3-8,10H,1,9H2,2H3,(H,17,19)(H,18,20). The van der Waals surface area contributed by atoms with Gasteiger partial charge in [0.15, 0.2) is 0 Å². The Bertz CT molecular complexity index is 674. The monoisotopic (exact) mass is 284 g/mol. The number of nitrogens with one attached hydrogen (secondary N) is 2. The number of benzene rings is 1. The first-order valence-electron chi connectivity index (χ1n) is 6.47. The first kappa shape index (κ1) is 14.6. The molecule has 108 valence electrons. The second kappa shape index (κ2) is 6.56. The highest BCUT2D eigenvalue weighted by Gasteiger charge is 2.15. The molecule has 2 rings (SSSR count). The van der Waals surface area contributed by atoms with Crippen molar-refractivity contribution in [1.82, 2.24) is 5.32 Å². The fraction of sp³-hybridized carbons (Fsp3) is 0.125. The molecule has 0 aliphatic carbocycles. The Balaban J connectivity index is 2.20. The molecular weight excluding hydrogens is 268 g/mol. The molecule has 2 N–H and O–H groups in total. The summed E-state index contributed by atoms with van der Waals surface area (Å²) >= 11 is 0. The lowest BCUT2D eigenvalue weighted by molar-refractivity contribution is 0.0959. The molecule has 0 saturated carbocycles. The third-order valence-electron chi connectivity index (χ3n) is 2.93. The number of para-hydroxylation sites is 1. The SMILES string of the molecule is C=CCNC(=O)c1ccccc1NC(=O)c1ccoc1C. The van der Waals surface area contributed by atoms with Gasteiger partial charge in [0.05, 0.1) is 23.1 Å². The van der Waals surface area contributed by atoms with Gasteiger partial charge in [-0.15, -0.1) is 6.58 Å². The van der Waals surface area contributed by atoms with Crippen molar-refractivity contribution in [3.63, 3.8) is 0 Å². The number of aryl methyl sites for hydroxylation is 1. The Kier molecular flexibility index (Phi) is 4.56. The minimum absolute atomic E-state index is 0.269. The highest BCUT2D eigenvalue weighted by molar-refractivity contribution is 6.09. The Morgan fingerprint density at radius 2 is 1.95 bits per heavy atom. The predicted octanol–water partition coefficient (Wildman–Crippen LogP) is 2.76. The van der Waals surface area contributed by atoms with Crippen molar-refractivity contribution in [1.29, 1.82) is 0 Å². The van der Waals surface area contributed by atoms with Gasteiger partial charge in [-0.1, -0.05) is 18.2 Å². The van der Waals surface area contributed by atoms with Crippen LogP contribution in [0.15, 0.2) is 53.7 Å². The average molecular weight is 284 g/mol. The zero-order valence-electron chi connectivity index (χ0n) is 11.7. The van der Waals surface area contributed by atoms with Crippen LogP contribution in [0, 0.1) is 6.92 Å². The molecule has 2 aromatic rings. The van der Waals surface area contributed by atoms with Crippen molar-refractivity contribution in [3.8, 4) is 0 Å². The Hall–Kier alpha value is -2.82. The Morgan fingerprint density at radius 3 is 2.62 bits per heavy atom. The van der Waals surface area contributed by atoms with Crippen LogP contribution in [0.3, 0.4) is 0 Å². The molecule has 21 heavy (non-hydrogen) atoms. The number of carbonyl (C=O) groups excluding carboxylic acids is 2. The number of furan rings is 1. The van der Waals surface area contributed by atoms with Crippen LogP contribution in [0.25, 0.3) is 0 Å². The minimum atomic E-state index is -0.315. The van der Waals surface area contributed by atoms with E-state index in [1.807, 2.05) is 0 Å². The van der Waals surface area contributed by atoms with E-state index in [2.05, 4.69) is 17.2 Å². The molecule has 0 fully saturated rings. The third kappa shape index (κ3) is 3.39. The number of hydrogen-bond acceptors (Lipinski definition) is 3. The highest BCUT2D eigenvalue weighted by atomic mass is 16.3. The number of carbonyl (C=O) groups is 2. The molecule has 1 aromatic carbocycles. The second-order valence-corrected chi connectivity index (χ2v) is 4.39. The van der Waals surface area contributed by atoms with Crippen LogP contribution < -0.4 is 10.6 Å². The summed E-state index contributed by atoms with van der Waals surface area (Å²) in [6.45, 7) is 5.61. The molecule has 0 atom stereocenters. The van der Waals surface area contributed by atoms with Crippen LogP contribution in [0.5, 0.6) is 0 Å². The zero-order valence-corrected chi connectivity index (χ0v) is 11.7. The summed E-state index contributed by atoms with van der Waals surface area (Å²) in [6.07, 6.45) is 3.04. The molecule has 0 aliphatic rings. The van der Waals surface area contributed by atoms with E-state index in [-0.39, 0.29) is 11.8 Å². The summed E-state index contributed by atoms with van der Waals surface area (Å²) in [5.41, 5.74) is 1.29. The average Bonchev–Trinajstić information content (AvgIpc) is 2.91. The first-order chi connectivity index (χ1) is 10.1. The van der Waals surface area contributed by atoms with Crippen LogP contribution >= 0.6 is 0 Å². The van der Waals surface area contributed by atoms with Gasteiger partial charge in [-0.2, -0.15) is 0 Å². The van der Waals surface area contributed by atoms with Crippen LogP contribution in [-0.2, 0) is 0 Å². The van der Waals surface area contributed by atoms with Gasteiger partial charge in [0.25, 0.3) is 11.8 Å². The normalized spacial score (nSPS) is 9.95. The quantitative estimate of drug-likeness (QED) is 0.829. The van der Waals surface area contributed by atoms with Crippen molar-refractivity contribution in [2.24, 2.45) is 0 Å². The molecule has 0 saturated heterocycles. The van der Waals surface area contributed by atoms with Gasteiger partial charge in [-0.25, -0.2) is 0 Å². The van der Waals surface area contributed by atoms with Gasteiger partial charge in [0, 0.05) is 6.54 Å². The summed E-state index contributed by atoms with van der Waals surface area (Å²) in [6, 6.07) is 8.40. The van der Waals surface area contributed by atoms with E-state index in [1.54, 1.807) is 43.3 Å². The molecule has 1 heterocycles. The van der Waals surface area contributed by atoms with Crippen LogP contribution in [0.1, 0.15) is 26.5 Å². The number of hydrogen-bond donors (Lipinski definition) is 2. The molecule has 0 aliphatic heterocycles. The smallest absolute Gasteiger partial charge is 0.259 e. The van der Waals surface area contributed by atoms with Gasteiger partial charge in [0.1, 0.15) is 5.76 Å². The summed E-state index contributed by atoms with van der Waals surface area (Å²) in [5, 5.41) is 5.41. The van der Waals surface area contributed by atoms with Crippen LogP contribution in [-0.4, -0.2) is 18.4 Å². The minimum Gasteiger partial charge on any atom is -0.469 e. The van der Waals surface area contributed by atoms with E-state index in [9.17, 15) is 9.59 Å². The number of rotatable bonds is 5. The molecule has 0 radical (unpaired) electrons. The molecule has 0 spiro atoms. The van der Waals surface area contributed by atoms with Crippen LogP contribution in [0.4, 0.5) is 5.69 Å². The maximum atomic E-state index is 12.2. The largest absolute Gasteiger partial charge is 0.469 e. The molecule has 5 heteroatoms. The van der Waals surface area contributed by atoms with Crippen molar-refractivity contribution < 1.29 is 14.0 Å². The maximum absolute atomic E-state index is 12.2. The summed E-state index contributed by atoms with van der Waals surface area (Å²) < 4.78 is 5.10. The second-order valence-electron chi connectivity index (χ2n) is 4.39. The van der Waals surface area contributed by atoms with E-state index in [0.29, 0.717) is 29.1 Å². The van der Waals surface area contributed by atoms with E-state index in [0.717, 1.165) is 0 Å². The predicted molar refractivity (Wildman–Crippen MR) is 80.4 cm³/mol. The van der Waals surface area contributed by atoms with Gasteiger partial charge in [-0.3, -0.25) is 9.59 Å². The Morgan fingerprint density at radius 1 is 1.19 bits per heavy atom. The third-order valence-corrected chi connectivity index (χ3v) is 2.93. The highest BCUT2D eigenvalue weighted by Crippen LogP contribution is 2.17. The van der Waals surface area contributed by atoms with Crippen molar-refractivity contribution >= 4 is 17.5 Å². The molecule has 1 aromatic heterocycles. The number of anilines is 1. The lowest BCUT2D eigenvalue weighted by atomic mass is 10.1. The fourth-order valence-electron chi connectivity index (χ4n) is 1.86. The molecule has 2 amide bonds. The fourth-order valence-corrected chi connectivity index (χ4v) is 1.86. The molecule has 0 unspecified atom stereocenters. The van der Waals surface area contributed by atoms with Gasteiger partial charge in [-0.05, 0) is 25.1 Å². The topological polar surface area (TPSA) is 71.3 Å². The first-order valence-corrected chi connectivity index (χ1v) is 6.47. The molecule has 0 bridgehead atoms.